The summed E-state index contributed by atoms with van der Waals surface area (Å²) in [5.74, 6) is 0.824. The second-order valence-electron chi connectivity index (χ2n) is 7.90. The van der Waals surface area contributed by atoms with Gasteiger partial charge >= 0.3 is 0 Å². The van der Waals surface area contributed by atoms with Crippen molar-refractivity contribution in [1.29, 1.82) is 0 Å². The predicted octanol–water partition coefficient (Wildman–Crippen LogP) is 8.63. The van der Waals surface area contributed by atoms with Crippen LogP contribution < -0.4 is 14.5 Å². The van der Waals surface area contributed by atoms with Crippen LogP contribution in [0.3, 0.4) is 0 Å². The van der Waals surface area contributed by atoms with E-state index < -0.39 is 0 Å². The van der Waals surface area contributed by atoms with Crippen LogP contribution in [0.2, 0.25) is 0 Å². The molecule has 0 saturated heterocycles. The minimum absolute atomic E-state index is 0.824. The topological polar surface area (TPSA) is 15.7 Å². The summed E-state index contributed by atoms with van der Waals surface area (Å²) in [5, 5.41) is 0. The monoisotopic (exact) mass is 442 g/mol. The van der Waals surface area contributed by atoms with E-state index in [-0.39, 0.29) is 0 Å². The maximum absolute atomic E-state index is 5.52. The van der Waals surface area contributed by atoms with Gasteiger partial charge in [0, 0.05) is 40.2 Å². The van der Waals surface area contributed by atoms with Gasteiger partial charge in [0.1, 0.15) is 5.75 Å². The second kappa shape index (κ2) is 9.97. The minimum Gasteiger partial charge on any atom is -0.497 e. The molecule has 0 N–H and O–H groups in total. The summed E-state index contributed by atoms with van der Waals surface area (Å²) in [7, 11) is 1.70. The number of benzene rings is 5. The first-order valence-corrected chi connectivity index (χ1v) is 11.3. The molecule has 0 atom stereocenters. The molecule has 0 aromatic heterocycles. The molecule has 5 rings (SSSR count). The lowest BCUT2D eigenvalue weighted by molar-refractivity contribution is 0.415. The van der Waals surface area contributed by atoms with Crippen molar-refractivity contribution in [1.82, 2.24) is 0 Å². The Kier molecular flexibility index (Phi) is 6.26. The van der Waals surface area contributed by atoms with Crippen molar-refractivity contribution in [3.05, 3.63) is 140 Å². The number of nitrogens with zero attached hydrogens (tertiary/aromatic N) is 2. The van der Waals surface area contributed by atoms with Crippen molar-refractivity contribution in [2.75, 3.05) is 16.9 Å². The summed E-state index contributed by atoms with van der Waals surface area (Å²) >= 11 is 0. The first-order valence-electron chi connectivity index (χ1n) is 11.3. The van der Waals surface area contributed by atoms with E-state index in [9.17, 15) is 0 Å². The van der Waals surface area contributed by atoms with Gasteiger partial charge in [0.15, 0.2) is 0 Å². The number of hydrogen-bond donors (Lipinski definition) is 0. The average molecular weight is 443 g/mol. The number of methoxy groups -OCH3 is 1. The molecule has 5 aromatic rings. The molecule has 0 spiro atoms. The molecule has 0 saturated carbocycles. The lowest BCUT2D eigenvalue weighted by atomic mass is 10.1. The maximum atomic E-state index is 5.52. The molecule has 0 aliphatic rings. The Labute approximate surface area is 201 Å². The fourth-order valence-electron chi connectivity index (χ4n) is 4.15. The highest BCUT2D eigenvalue weighted by molar-refractivity contribution is 5.83. The molecule has 166 valence electrons. The summed E-state index contributed by atoms with van der Waals surface area (Å²) in [5.41, 5.74) is 6.48. The molecule has 5 aromatic carbocycles. The second-order valence-corrected chi connectivity index (χ2v) is 7.90. The number of ether oxygens (including phenoxy) is 1. The van der Waals surface area contributed by atoms with E-state index in [1.807, 2.05) is 30.3 Å². The molecule has 0 unspecified atom stereocenters. The van der Waals surface area contributed by atoms with Gasteiger partial charge in [0.05, 0.1) is 7.11 Å². The quantitative estimate of drug-likeness (QED) is 0.251. The molecule has 0 aliphatic heterocycles. The van der Waals surface area contributed by atoms with Crippen molar-refractivity contribution < 1.29 is 4.74 Å². The third-order valence-electron chi connectivity index (χ3n) is 5.70. The smallest absolute Gasteiger partial charge is 0.120 e. The van der Waals surface area contributed by atoms with Crippen molar-refractivity contribution >= 4 is 34.1 Å². The van der Waals surface area contributed by atoms with E-state index in [0.717, 1.165) is 39.9 Å². The molecule has 0 fully saturated rings. The van der Waals surface area contributed by atoms with Crippen molar-refractivity contribution in [2.45, 2.75) is 0 Å². The molecular weight excluding hydrogens is 416 g/mol. The highest BCUT2D eigenvalue weighted by atomic mass is 16.5. The standard InChI is InChI=1S/C31H26N2O/c1-34-31-22-12-21-30(24-31)33(27-17-9-4-10-18-27)29-20-11-19-28(23-29)32(25-13-5-2-6-14-25)26-15-7-3-8-16-26/h2-24H,1H3. The molecule has 34 heavy (non-hydrogen) atoms. The van der Waals surface area contributed by atoms with E-state index in [2.05, 4.69) is 119 Å². The fourth-order valence-corrected chi connectivity index (χ4v) is 4.15. The lowest BCUT2D eigenvalue weighted by Gasteiger charge is -2.29. The highest BCUT2D eigenvalue weighted by Crippen LogP contribution is 2.40. The van der Waals surface area contributed by atoms with Crippen molar-refractivity contribution in [3.8, 4) is 5.75 Å². The van der Waals surface area contributed by atoms with E-state index in [1.165, 1.54) is 0 Å². The maximum Gasteiger partial charge on any atom is 0.120 e. The van der Waals surface area contributed by atoms with Gasteiger partial charge in [-0.1, -0.05) is 66.7 Å². The Morgan fingerprint density at radius 3 is 1.18 bits per heavy atom. The van der Waals surface area contributed by atoms with Gasteiger partial charge in [-0.15, -0.1) is 0 Å². The van der Waals surface area contributed by atoms with Crippen LogP contribution in [-0.4, -0.2) is 7.11 Å². The highest BCUT2D eigenvalue weighted by Gasteiger charge is 2.17. The summed E-state index contributed by atoms with van der Waals surface area (Å²) in [6.45, 7) is 0. The fraction of sp³-hybridized carbons (Fsp3) is 0.0323. The van der Waals surface area contributed by atoms with Crippen LogP contribution >= 0.6 is 0 Å². The molecular formula is C31H26N2O. The van der Waals surface area contributed by atoms with E-state index >= 15 is 0 Å². The Hall–Kier alpha value is -4.50. The van der Waals surface area contributed by atoms with Gasteiger partial charge < -0.3 is 14.5 Å². The molecule has 0 aliphatic carbocycles. The van der Waals surface area contributed by atoms with Crippen LogP contribution in [0, 0.1) is 0 Å². The summed E-state index contributed by atoms with van der Waals surface area (Å²) in [6.07, 6.45) is 0. The Bertz CT molecular complexity index is 1300. The molecule has 3 nitrogen and oxygen atoms in total. The summed E-state index contributed by atoms with van der Waals surface area (Å²) in [6, 6.07) is 48.1. The van der Waals surface area contributed by atoms with E-state index in [1.54, 1.807) is 7.11 Å². The van der Waals surface area contributed by atoms with Crippen molar-refractivity contribution in [3.63, 3.8) is 0 Å². The first-order chi connectivity index (χ1) is 16.8. The van der Waals surface area contributed by atoms with Crippen LogP contribution in [0.15, 0.2) is 140 Å². The third kappa shape index (κ3) is 4.50. The number of anilines is 6. The molecule has 0 bridgehead atoms. The van der Waals surface area contributed by atoms with Gasteiger partial charge in [0.2, 0.25) is 0 Å². The van der Waals surface area contributed by atoms with Crippen LogP contribution in [0.4, 0.5) is 34.1 Å². The van der Waals surface area contributed by atoms with Crippen LogP contribution in [0.1, 0.15) is 0 Å². The van der Waals surface area contributed by atoms with E-state index in [0.29, 0.717) is 0 Å². The molecule has 3 heteroatoms. The lowest BCUT2D eigenvalue weighted by Crippen LogP contribution is -2.13. The summed E-state index contributed by atoms with van der Waals surface area (Å²) < 4.78 is 5.52. The van der Waals surface area contributed by atoms with Crippen LogP contribution in [0.5, 0.6) is 5.75 Å². The van der Waals surface area contributed by atoms with Gasteiger partial charge in [-0.05, 0) is 66.7 Å². The van der Waals surface area contributed by atoms with Crippen molar-refractivity contribution in [2.24, 2.45) is 0 Å². The van der Waals surface area contributed by atoms with Crippen LogP contribution in [0.25, 0.3) is 0 Å². The van der Waals surface area contributed by atoms with Gasteiger partial charge in [-0.25, -0.2) is 0 Å². The van der Waals surface area contributed by atoms with Crippen LogP contribution in [-0.2, 0) is 0 Å². The van der Waals surface area contributed by atoms with Gasteiger partial charge in [-0.3, -0.25) is 0 Å². The van der Waals surface area contributed by atoms with Gasteiger partial charge in [-0.2, -0.15) is 0 Å². The number of hydrogen-bond acceptors (Lipinski definition) is 3. The number of para-hydroxylation sites is 3. The average Bonchev–Trinajstić information content (AvgIpc) is 2.91. The summed E-state index contributed by atoms with van der Waals surface area (Å²) in [4.78, 5) is 4.53. The predicted molar refractivity (Wildman–Crippen MR) is 142 cm³/mol. The van der Waals surface area contributed by atoms with Gasteiger partial charge in [0.25, 0.3) is 0 Å². The molecule has 0 amide bonds. The van der Waals surface area contributed by atoms with E-state index in [4.69, 9.17) is 4.74 Å². The first kappa shape index (κ1) is 21.4. The third-order valence-corrected chi connectivity index (χ3v) is 5.70. The number of rotatable bonds is 7. The Balaban J connectivity index is 1.65. The zero-order valence-electron chi connectivity index (χ0n) is 19.1. The normalized spacial score (nSPS) is 10.5. The SMILES string of the molecule is COc1cccc(N(c2ccccc2)c2cccc(N(c3ccccc3)c3ccccc3)c2)c1. The minimum atomic E-state index is 0.824. The molecule has 0 radical (unpaired) electrons. The molecule has 0 heterocycles. The Morgan fingerprint density at radius 1 is 0.382 bits per heavy atom. The zero-order valence-corrected chi connectivity index (χ0v) is 19.1. The Morgan fingerprint density at radius 2 is 0.735 bits per heavy atom. The largest absolute Gasteiger partial charge is 0.497 e. The zero-order chi connectivity index (χ0) is 23.2.